The monoisotopic (exact) mass is 359 g/mol. The zero-order valence-electron chi connectivity index (χ0n) is 15.2. The van der Waals surface area contributed by atoms with Gasteiger partial charge in [0.05, 0.1) is 5.25 Å². The topological polar surface area (TPSA) is 77.0 Å². The third kappa shape index (κ3) is 3.66. The lowest BCUT2D eigenvalue weighted by Crippen LogP contribution is -2.40. The van der Waals surface area contributed by atoms with Gasteiger partial charge in [-0.2, -0.15) is 0 Å². The van der Waals surface area contributed by atoms with E-state index in [9.17, 15) is 4.79 Å². The van der Waals surface area contributed by atoms with Crippen molar-refractivity contribution in [1.82, 2.24) is 19.8 Å². The molecular formula is C18H25N5OS. The van der Waals surface area contributed by atoms with Gasteiger partial charge < -0.3 is 10.7 Å². The van der Waals surface area contributed by atoms with Crippen molar-refractivity contribution >= 4 is 17.7 Å². The molecule has 1 aromatic heterocycles. The summed E-state index contributed by atoms with van der Waals surface area (Å²) in [5.41, 5.74) is 2.38. The van der Waals surface area contributed by atoms with E-state index in [1.807, 2.05) is 38.7 Å². The summed E-state index contributed by atoms with van der Waals surface area (Å²) in [5.74, 6) is 6.95. The van der Waals surface area contributed by atoms with Crippen molar-refractivity contribution in [3.8, 4) is 0 Å². The molecule has 2 heterocycles. The molecule has 25 heavy (non-hydrogen) atoms. The Morgan fingerprint density at radius 1 is 1.24 bits per heavy atom. The number of rotatable bonds is 3. The summed E-state index contributed by atoms with van der Waals surface area (Å²) in [6.45, 7) is 9.43. The molecule has 1 unspecified atom stereocenters. The van der Waals surface area contributed by atoms with Gasteiger partial charge in [-0.25, -0.2) is 4.68 Å². The van der Waals surface area contributed by atoms with Crippen LogP contribution >= 0.6 is 11.8 Å². The first-order valence-corrected chi connectivity index (χ1v) is 9.38. The molecule has 1 aliphatic heterocycles. The number of thioether (sulfide) groups is 1. The third-order valence-corrected chi connectivity index (χ3v) is 5.45. The van der Waals surface area contributed by atoms with Crippen molar-refractivity contribution in [2.24, 2.45) is 0 Å². The number of aromatic nitrogens is 3. The van der Waals surface area contributed by atoms with Crippen LogP contribution < -0.4 is 5.84 Å². The van der Waals surface area contributed by atoms with E-state index in [1.165, 1.54) is 27.6 Å². The maximum Gasteiger partial charge on any atom is 0.236 e. The highest BCUT2D eigenvalue weighted by Crippen LogP contribution is 2.28. The van der Waals surface area contributed by atoms with E-state index in [0.717, 1.165) is 13.0 Å². The molecule has 0 spiro atoms. The van der Waals surface area contributed by atoms with Crippen molar-refractivity contribution in [2.75, 3.05) is 12.4 Å². The van der Waals surface area contributed by atoms with Crippen molar-refractivity contribution < 1.29 is 4.79 Å². The Morgan fingerprint density at radius 2 is 1.92 bits per heavy atom. The fraction of sp³-hybridized carbons (Fsp3) is 0.500. The Hall–Kier alpha value is -2.02. The van der Waals surface area contributed by atoms with Crippen LogP contribution in [0.5, 0.6) is 0 Å². The molecule has 0 saturated heterocycles. The molecule has 2 N–H and O–H groups in total. The molecule has 0 bridgehead atoms. The molecule has 0 radical (unpaired) electrons. The largest absolute Gasteiger partial charge is 0.337 e. The molecule has 1 atom stereocenters. The highest BCUT2D eigenvalue weighted by Gasteiger charge is 2.28. The second-order valence-electron chi connectivity index (χ2n) is 7.46. The highest BCUT2D eigenvalue weighted by atomic mass is 32.2. The van der Waals surface area contributed by atoms with E-state index in [-0.39, 0.29) is 16.6 Å². The zero-order chi connectivity index (χ0) is 18.2. The lowest BCUT2D eigenvalue weighted by atomic mass is 9.96. The summed E-state index contributed by atoms with van der Waals surface area (Å²) in [4.78, 5) is 14.8. The molecule has 0 fully saturated rings. The van der Waals surface area contributed by atoms with Crippen molar-refractivity contribution in [3.05, 3.63) is 41.2 Å². The van der Waals surface area contributed by atoms with E-state index in [2.05, 4.69) is 28.4 Å². The van der Waals surface area contributed by atoms with Gasteiger partial charge in [0.25, 0.3) is 0 Å². The predicted octanol–water partition coefficient (Wildman–Crippen LogP) is 2.35. The van der Waals surface area contributed by atoms with Gasteiger partial charge in [-0.1, -0.05) is 56.8 Å². The predicted molar refractivity (Wildman–Crippen MR) is 99.8 cm³/mol. The average molecular weight is 359 g/mol. The first-order chi connectivity index (χ1) is 11.8. The van der Waals surface area contributed by atoms with E-state index < -0.39 is 0 Å². The fourth-order valence-electron chi connectivity index (χ4n) is 3.02. The van der Waals surface area contributed by atoms with E-state index >= 15 is 0 Å². The van der Waals surface area contributed by atoms with Gasteiger partial charge in [-0.15, -0.1) is 10.2 Å². The number of amides is 1. The standard InChI is InChI=1S/C18H25N5OS/c1-12(25-17-21-20-16(23(17)19)18(2,3)4)15(24)22-10-9-13-7-5-6-8-14(13)11-22/h5-8,12H,9-11,19H2,1-4H3. The number of nitrogen functional groups attached to an aromatic ring is 1. The van der Waals surface area contributed by atoms with Gasteiger partial charge in [-0.3, -0.25) is 4.79 Å². The summed E-state index contributed by atoms with van der Waals surface area (Å²) < 4.78 is 1.50. The highest BCUT2D eigenvalue weighted by molar-refractivity contribution is 8.00. The molecule has 2 aromatic rings. The van der Waals surface area contributed by atoms with Gasteiger partial charge in [-0.05, 0) is 24.5 Å². The second kappa shape index (κ2) is 6.71. The van der Waals surface area contributed by atoms with Gasteiger partial charge in [0.15, 0.2) is 5.82 Å². The Morgan fingerprint density at radius 3 is 2.56 bits per heavy atom. The summed E-state index contributed by atoms with van der Waals surface area (Å²) in [7, 11) is 0. The van der Waals surface area contributed by atoms with Crippen LogP contribution in [-0.2, 0) is 23.2 Å². The lowest BCUT2D eigenvalue weighted by Gasteiger charge is -2.30. The van der Waals surface area contributed by atoms with Crippen LogP contribution in [0.25, 0.3) is 0 Å². The van der Waals surface area contributed by atoms with Crippen LogP contribution in [0.15, 0.2) is 29.4 Å². The molecule has 7 heteroatoms. The molecular weight excluding hydrogens is 334 g/mol. The SMILES string of the molecule is CC(Sc1nnc(C(C)(C)C)n1N)C(=O)N1CCc2ccccc2C1. The Kier molecular flexibility index (Phi) is 4.77. The average Bonchev–Trinajstić information content (AvgIpc) is 2.94. The van der Waals surface area contributed by atoms with Gasteiger partial charge >= 0.3 is 0 Å². The smallest absolute Gasteiger partial charge is 0.236 e. The van der Waals surface area contributed by atoms with Crippen molar-refractivity contribution in [2.45, 2.75) is 56.5 Å². The lowest BCUT2D eigenvalue weighted by molar-refractivity contribution is -0.131. The fourth-order valence-corrected chi connectivity index (χ4v) is 3.87. The van der Waals surface area contributed by atoms with Crippen LogP contribution in [0, 0.1) is 0 Å². The molecule has 1 aliphatic rings. The Bertz CT molecular complexity index is 780. The zero-order valence-corrected chi connectivity index (χ0v) is 16.0. The molecule has 1 amide bonds. The van der Waals surface area contributed by atoms with Crippen LogP contribution in [0.2, 0.25) is 0 Å². The van der Waals surface area contributed by atoms with E-state index in [1.54, 1.807) is 0 Å². The van der Waals surface area contributed by atoms with Crippen LogP contribution in [0.3, 0.4) is 0 Å². The maximum atomic E-state index is 12.8. The number of hydrogen-bond acceptors (Lipinski definition) is 5. The molecule has 0 saturated carbocycles. The number of nitrogens with zero attached hydrogens (tertiary/aromatic N) is 4. The number of carbonyl (C=O) groups excluding carboxylic acids is 1. The number of benzene rings is 1. The van der Waals surface area contributed by atoms with Gasteiger partial charge in [0, 0.05) is 18.5 Å². The van der Waals surface area contributed by atoms with E-state index in [0.29, 0.717) is 17.5 Å². The summed E-state index contributed by atoms with van der Waals surface area (Å²) in [6, 6.07) is 8.31. The normalized spacial score (nSPS) is 15.8. The molecule has 6 nitrogen and oxygen atoms in total. The van der Waals surface area contributed by atoms with Crippen LogP contribution in [0.1, 0.15) is 44.6 Å². The molecule has 3 rings (SSSR count). The first kappa shape index (κ1) is 17.8. The minimum absolute atomic E-state index is 0.111. The summed E-state index contributed by atoms with van der Waals surface area (Å²) >= 11 is 1.36. The van der Waals surface area contributed by atoms with Gasteiger partial charge in [0.2, 0.25) is 11.1 Å². The number of nitrogens with two attached hydrogens (primary N) is 1. The number of hydrogen-bond donors (Lipinski definition) is 1. The van der Waals surface area contributed by atoms with E-state index in [4.69, 9.17) is 5.84 Å². The second-order valence-corrected chi connectivity index (χ2v) is 8.77. The maximum absolute atomic E-state index is 12.8. The molecule has 134 valence electrons. The minimum Gasteiger partial charge on any atom is -0.337 e. The number of carbonyl (C=O) groups is 1. The van der Waals surface area contributed by atoms with Crippen LogP contribution in [-0.4, -0.2) is 37.5 Å². The Balaban J connectivity index is 1.69. The summed E-state index contributed by atoms with van der Waals surface area (Å²) in [6.07, 6.45) is 0.903. The quantitative estimate of drug-likeness (QED) is 0.672. The molecule has 1 aromatic carbocycles. The van der Waals surface area contributed by atoms with Gasteiger partial charge in [0.1, 0.15) is 0 Å². The third-order valence-electron chi connectivity index (χ3n) is 4.41. The minimum atomic E-state index is -0.260. The Labute approximate surface area is 152 Å². The van der Waals surface area contributed by atoms with Crippen LogP contribution in [0.4, 0.5) is 0 Å². The number of fused-ring (bicyclic) bond motifs is 1. The first-order valence-electron chi connectivity index (χ1n) is 8.50. The molecule has 0 aliphatic carbocycles. The summed E-state index contributed by atoms with van der Waals surface area (Å²) in [5, 5.41) is 8.66. The van der Waals surface area contributed by atoms with Crippen molar-refractivity contribution in [3.63, 3.8) is 0 Å². The van der Waals surface area contributed by atoms with Crippen molar-refractivity contribution in [1.29, 1.82) is 0 Å².